The first-order valence-electron chi connectivity index (χ1n) is 7.39. The molecule has 2 atom stereocenters. The number of phenols is 1. The molecule has 4 nitrogen and oxygen atoms in total. The summed E-state index contributed by atoms with van der Waals surface area (Å²) in [6.07, 6.45) is 5.03. The van der Waals surface area contributed by atoms with Crippen LogP contribution in [0, 0.1) is 11.8 Å². The van der Waals surface area contributed by atoms with E-state index in [2.05, 4.69) is 0 Å². The van der Waals surface area contributed by atoms with Gasteiger partial charge in [0.2, 0.25) is 0 Å². The van der Waals surface area contributed by atoms with Crippen molar-refractivity contribution in [2.24, 2.45) is 11.8 Å². The number of carbonyl (C=O) groups excluding carboxylic acids is 1. The summed E-state index contributed by atoms with van der Waals surface area (Å²) in [7, 11) is 0. The summed E-state index contributed by atoms with van der Waals surface area (Å²) in [4.78, 5) is 14.5. The van der Waals surface area contributed by atoms with Crippen molar-refractivity contribution in [3.05, 3.63) is 29.3 Å². The smallest absolute Gasteiger partial charge is 0.253 e. The largest absolute Gasteiger partial charge is 0.508 e. The van der Waals surface area contributed by atoms with E-state index in [4.69, 9.17) is 0 Å². The monoisotopic (exact) mass is 275 g/mol. The Morgan fingerprint density at radius 3 is 2.60 bits per heavy atom. The Hall–Kier alpha value is -1.55. The molecule has 1 aromatic rings. The van der Waals surface area contributed by atoms with Crippen LogP contribution in [0.2, 0.25) is 0 Å². The highest BCUT2D eigenvalue weighted by atomic mass is 16.3. The normalized spacial score (nSPS) is 25.6. The van der Waals surface area contributed by atoms with Crippen molar-refractivity contribution in [1.29, 1.82) is 0 Å². The van der Waals surface area contributed by atoms with Gasteiger partial charge in [0.05, 0.1) is 6.61 Å². The zero-order valence-electron chi connectivity index (χ0n) is 11.6. The Balaban J connectivity index is 1.78. The van der Waals surface area contributed by atoms with Crippen LogP contribution in [0.4, 0.5) is 0 Å². The first-order valence-corrected chi connectivity index (χ1v) is 7.39. The summed E-state index contributed by atoms with van der Waals surface area (Å²) in [6.45, 7) is 1.45. The minimum absolute atomic E-state index is 0.0244. The van der Waals surface area contributed by atoms with Gasteiger partial charge in [-0.1, -0.05) is 6.42 Å². The van der Waals surface area contributed by atoms with Gasteiger partial charge in [-0.15, -0.1) is 0 Å². The Labute approximate surface area is 119 Å². The number of hydrogen-bond donors (Lipinski definition) is 2. The number of likely N-dealkylation sites (tertiary alicyclic amines) is 1. The third-order valence-electron chi connectivity index (χ3n) is 4.63. The molecule has 2 fully saturated rings. The summed E-state index contributed by atoms with van der Waals surface area (Å²) < 4.78 is 0. The van der Waals surface area contributed by atoms with E-state index in [-0.39, 0.29) is 18.3 Å². The first-order chi connectivity index (χ1) is 9.67. The van der Waals surface area contributed by atoms with Crippen LogP contribution < -0.4 is 0 Å². The van der Waals surface area contributed by atoms with E-state index in [1.807, 2.05) is 4.90 Å². The average molecular weight is 275 g/mol. The second-order valence-electron chi connectivity index (χ2n) is 6.11. The zero-order valence-corrected chi connectivity index (χ0v) is 11.6. The van der Waals surface area contributed by atoms with Crippen molar-refractivity contribution in [3.8, 4) is 5.75 Å². The van der Waals surface area contributed by atoms with Crippen molar-refractivity contribution < 1.29 is 15.0 Å². The lowest BCUT2D eigenvalue weighted by atomic mass is 9.78. The lowest BCUT2D eigenvalue weighted by Crippen LogP contribution is -2.45. The van der Waals surface area contributed by atoms with Crippen molar-refractivity contribution in [2.75, 3.05) is 13.1 Å². The molecule has 1 heterocycles. The van der Waals surface area contributed by atoms with Crippen LogP contribution in [0.5, 0.6) is 5.75 Å². The van der Waals surface area contributed by atoms with Gasteiger partial charge in [-0.25, -0.2) is 0 Å². The van der Waals surface area contributed by atoms with E-state index in [1.165, 1.54) is 31.7 Å². The topological polar surface area (TPSA) is 60.8 Å². The van der Waals surface area contributed by atoms with Crippen LogP contribution in [-0.2, 0) is 6.61 Å². The summed E-state index contributed by atoms with van der Waals surface area (Å²) in [5.41, 5.74) is 0.972. The number of rotatable bonds is 2. The molecular formula is C16H21NO3. The SMILES string of the molecule is O=C(c1ccc(O)c(CO)c1)N1CC2CCCC(C2)C1. The summed E-state index contributed by atoms with van der Waals surface area (Å²) in [6, 6.07) is 4.73. The number of aromatic hydroxyl groups is 1. The Bertz CT molecular complexity index is 502. The maximum atomic E-state index is 12.6. The number of benzene rings is 1. The molecule has 20 heavy (non-hydrogen) atoms. The highest BCUT2D eigenvalue weighted by Crippen LogP contribution is 2.35. The van der Waals surface area contributed by atoms with Gasteiger partial charge in [-0.05, 0) is 49.3 Å². The predicted octanol–water partition coefficient (Wildman–Crippen LogP) is 2.15. The van der Waals surface area contributed by atoms with E-state index in [1.54, 1.807) is 12.1 Å². The fourth-order valence-corrected chi connectivity index (χ4v) is 3.63. The van der Waals surface area contributed by atoms with Crippen molar-refractivity contribution in [3.63, 3.8) is 0 Å². The van der Waals surface area contributed by atoms with Crippen molar-refractivity contribution in [1.82, 2.24) is 4.90 Å². The van der Waals surface area contributed by atoms with Crippen molar-refractivity contribution >= 4 is 5.91 Å². The third kappa shape index (κ3) is 2.52. The van der Waals surface area contributed by atoms with Gasteiger partial charge in [-0.2, -0.15) is 0 Å². The van der Waals surface area contributed by atoms with Gasteiger partial charge in [0.15, 0.2) is 0 Å². The molecule has 3 rings (SSSR count). The Kier molecular flexibility index (Phi) is 3.66. The molecule has 1 aliphatic heterocycles. The molecule has 1 saturated carbocycles. The fraction of sp³-hybridized carbons (Fsp3) is 0.562. The van der Waals surface area contributed by atoms with Gasteiger partial charge < -0.3 is 15.1 Å². The second-order valence-corrected chi connectivity index (χ2v) is 6.11. The molecule has 1 saturated heterocycles. The van der Waals surface area contributed by atoms with Gasteiger partial charge in [0, 0.05) is 24.2 Å². The van der Waals surface area contributed by atoms with Crippen LogP contribution >= 0.6 is 0 Å². The molecular weight excluding hydrogens is 254 g/mol. The molecule has 0 aromatic heterocycles. The fourth-order valence-electron chi connectivity index (χ4n) is 3.63. The lowest BCUT2D eigenvalue weighted by Gasteiger charge is -2.41. The molecule has 1 amide bonds. The number of hydrogen-bond acceptors (Lipinski definition) is 3. The molecule has 2 unspecified atom stereocenters. The number of amides is 1. The van der Waals surface area contributed by atoms with Crippen LogP contribution in [0.1, 0.15) is 41.6 Å². The number of aliphatic hydroxyl groups is 1. The molecule has 1 aromatic carbocycles. The quantitative estimate of drug-likeness (QED) is 0.869. The highest BCUT2D eigenvalue weighted by Gasteiger charge is 2.33. The second kappa shape index (κ2) is 5.44. The minimum Gasteiger partial charge on any atom is -0.508 e. The van der Waals surface area contributed by atoms with E-state index in [9.17, 15) is 15.0 Å². The van der Waals surface area contributed by atoms with Crippen molar-refractivity contribution in [2.45, 2.75) is 32.3 Å². The van der Waals surface area contributed by atoms with Gasteiger partial charge in [0.1, 0.15) is 5.75 Å². The third-order valence-corrected chi connectivity index (χ3v) is 4.63. The molecule has 0 spiro atoms. The van der Waals surface area contributed by atoms with Crippen LogP contribution in [-0.4, -0.2) is 34.1 Å². The molecule has 1 aliphatic carbocycles. The first kappa shape index (κ1) is 13.4. The highest BCUT2D eigenvalue weighted by molar-refractivity contribution is 5.94. The lowest BCUT2D eigenvalue weighted by molar-refractivity contribution is 0.0504. The molecule has 108 valence electrons. The molecule has 0 radical (unpaired) electrons. The molecule has 4 heteroatoms. The number of piperidine rings is 1. The van der Waals surface area contributed by atoms with Gasteiger partial charge in [-0.3, -0.25) is 4.79 Å². The number of fused-ring (bicyclic) bond motifs is 2. The Morgan fingerprint density at radius 1 is 1.25 bits per heavy atom. The minimum atomic E-state index is -0.252. The zero-order chi connectivity index (χ0) is 14.1. The number of nitrogens with zero attached hydrogens (tertiary/aromatic N) is 1. The maximum Gasteiger partial charge on any atom is 0.253 e. The summed E-state index contributed by atoms with van der Waals surface area (Å²) >= 11 is 0. The predicted molar refractivity (Wildman–Crippen MR) is 75.4 cm³/mol. The van der Waals surface area contributed by atoms with Crippen LogP contribution in [0.25, 0.3) is 0 Å². The number of aliphatic hydroxyl groups excluding tert-OH is 1. The summed E-state index contributed by atoms with van der Waals surface area (Å²) in [5, 5.41) is 18.8. The maximum absolute atomic E-state index is 12.6. The average Bonchev–Trinajstić information content (AvgIpc) is 2.46. The van der Waals surface area contributed by atoms with E-state index in [0.29, 0.717) is 23.0 Å². The standard InChI is InChI=1S/C16H21NO3/c18-10-14-7-13(4-5-15(14)19)16(20)17-8-11-2-1-3-12(6-11)9-17/h4-5,7,11-12,18-19H,1-3,6,8-10H2. The van der Waals surface area contributed by atoms with Crippen LogP contribution in [0.3, 0.4) is 0 Å². The molecule has 2 aliphatic rings. The van der Waals surface area contributed by atoms with E-state index >= 15 is 0 Å². The van der Waals surface area contributed by atoms with Crippen LogP contribution in [0.15, 0.2) is 18.2 Å². The number of carbonyl (C=O) groups is 1. The van der Waals surface area contributed by atoms with E-state index < -0.39 is 0 Å². The molecule has 2 bridgehead atoms. The van der Waals surface area contributed by atoms with Gasteiger partial charge in [0.25, 0.3) is 5.91 Å². The molecule has 2 N–H and O–H groups in total. The summed E-state index contributed by atoms with van der Waals surface area (Å²) in [5.74, 6) is 1.37. The Morgan fingerprint density at radius 2 is 1.95 bits per heavy atom. The van der Waals surface area contributed by atoms with Gasteiger partial charge >= 0.3 is 0 Å². The van der Waals surface area contributed by atoms with E-state index in [0.717, 1.165) is 13.1 Å².